The van der Waals surface area contributed by atoms with Crippen LogP contribution >= 0.6 is 27.3 Å². The van der Waals surface area contributed by atoms with Crippen LogP contribution in [-0.4, -0.2) is 34.3 Å². The molecule has 0 N–H and O–H groups in total. The highest BCUT2D eigenvalue weighted by Gasteiger charge is 2.57. The predicted molar refractivity (Wildman–Crippen MR) is 112 cm³/mol. The summed E-state index contributed by atoms with van der Waals surface area (Å²) in [7, 11) is 0. The second-order valence-electron chi connectivity index (χ2n) is 9.71. The SMILES string of the molecule is O=C(CC12CC3CC(CC(Br)(C3)C1)C2)OCC(=O)N1CCCC1c1cccs1. The summed E-state index contributed by atoms with van der Waals surface area (Å²) >= 11 is 5.70. The summed E-state index contributed by atoms with van der Waals surface area (Å²) in [5.41, 5.74) is 0.0981. The zero-order valence-corrected chi connectivity index (χ0v) is 18.6. The molecule has 4 saturated carbocycles. The highest BCUT2D eigenvalue weighted by molar-refractivity contribution is 9.10. The van der Waals surface area contributed by atoms with Crippen molar-refractivity contribution in [1.29, 1.82) is 0 Å². The molecule has 1 amide bonds. The van der Waals surface area contributed by atoms with Crippen molar-refractivity contribution in [2.45, 2.75) is 68.2 Å². The van der Waals surface area contributed by atoms with Crippen LogP contribution in [0.15, 0.2) is 17.5 Å². The largest absolute Gasteiger partial charge is 0.456 e. The molecule has 4 nitrogen and oxygen atoms in total. The maximum absolute atomic E-state index is 12.7. The number of carbonyl (C=O) groups is 2. The fourth-order valence-electron chi connectivity index (χ4n) is 6.97. The number of ether oxygens (including phenoxy) is 1. The molecule has 3 atom stereocenters. The van der Waals surface area contributed by atoms with E-state index in [1.54, 1.807) is 11.3 Å². The van der Waals surface area contributed by atoms with E-state index in [0.717, 1.165) is 50.5 Å². The van der Waals surface area contributed by atoms with Crippen LogP contribution in [0.5, 0.6) is 0 Å². The lowest BCUT2D eigenvalue weighted by molar-refractivity contribution is -0.157. The van der Waals surface area contributed by atoms with E-state index in [4.69, 9.17) is 4.74 Å². The molecular formula is C22H28BrNO3S. The van der Waals surface area contributed by atoms with Gasteiger partial charge in [-0.3, -0.25) is 9.59 Å². The lowest BCUT2D eigenvalue weighted by Gasteiger charge is -2.60. The Balaban J connectivity index is 1.17. The van der Waals surface area contributed by atoms with Gasteiger partial charge in [-0.25, -0.2) is 0 Å². The lowest BCUT2D eigenvalue weighted by atomic mass is 9.49. The van der Waals surface area contributed by atoms with Crippen molar-refractivity contribution in [3.63, 3.8) is 0 Å². The number of alkyl halides is 1. The third-order valence-electron chi connectivity index (χ3n) is 7.43. The van der Waals surface area contributed by atoms with Crippen molar-refractivity contribution in [3.05, 3.63) is 22.4 Å². The molecule has 1 aromatic rings. The number of hydrogen-bond acceptors (Lipinski definition) is 4. The van der Waals surface area contributed by atoms with Crippen LogP contribution in [0.25, 0.3) is 0 Å². The van der Waals surface area contributed by atoms with Gasteiger partial charge >= 0.3 is 5.97 Å². The van der Waals surface area contributed by atoms with Crippen molar-refractivity contribution in [2.24, 2.45) is 17.3 Å². The normalized spacial score (nSPS) is 38.8. The van der Waals surface area contributed by atoms with Crippen molar-refractivity contribution < 1.29 is 14.3 Å². The molecule has 2 heterocycles. The van der Waals surface area contributed by atoms with E-state index >= 15 is 0 Å². The Bertz CT molecular complexity index is 750. The molecule has 6 heteroatoms. The van der Waals surface area contributed by atoms with Gasteiger partial charge in [-0.2, -0.15) is 0 Å². The van der Waals surface area contributed by atoms with E-state index in [1.807, 2.05) is 11.0 Å². The van der Waals surface area contributed by atoms with E-state index in [2.05, 4.69) is 27.4 Å². The molecule has 5 fully saturated rings. The van der Waals surface area contributed by atoms with Crippen LogP contribution in [0.4, 0.5) is 0 Å². The highest BCUT2D eigenvalue weighted by Crippen LogP contribution is 2.65. The molecule has 6 rings (SSSR count). The monoisotopic (exact) mass is 465 g/mol. The number of likely N-dealkylation sites (tertiary alicyclic amines) is 1. The third-order valence-corrected chi connectivity index (χ3v) is 9.33. The fraction of sp³-hybridized carbons (Fsp3) is 0.727. The average Bonchev–Trinajstić information content (AvgIpc) is 3.27. The first-order valence-corrected chi connectivity index (χ1v) is 12.3. The minimum absolute atomic E-state index is 0.0493. The van der Waals surface area contributed by atoms with Gasteiger partial charge in [-0.1, -0.05) is 22.0 Å². The number of thiophene rings is 1. The lowest BCUT2D eigenvalue weighted by Crippen LogP contribution is -2.53. The second-order valence-corrected chi connectivity index (χ2v) is 12.4. The van der Waals surface area contributed by atoms with E-state index < -0.39 is 0 Å². The van der Waals surface area contributed by atoms with Gasteiger partial charge in [0, 0.05) is 15.7 Å². The second kappa shape index (κ2) is 7.12. The molecule has 5 aliphatic rings. The minimum Gasteiger partial charge on any atom is -0.456 e. The van der Waals surface area contributed by atoms with Crippen molar-refractivity contribution >= 4 is 39.1 Å². The molecule has 0 radical (unpaired) electrons. The Hall–Kier alpha value is -0.880. The molecule has 1 aliphatic heterocycles. The van der Waals surface area contributed by atoms with Gasteiger partial charge in [0.25, 0.3) is 5.91 Å². The Morgan fingerprint density at radius 3 is 2.71 bits per heavy atom. The Morgan fingerprint density at radius 1 is 1.25 bits per heavy atom. The van der Waals surface area contributed by atoms with Crippen molar-refractivity contribution in [1.82, 2.24) is 4.90 Å². The number of carbonyl (C=O) groups excluding carboxylic acids is 2. The molecule has 0 aromatic carbocycles. The average molecular weight is 466 g/mol. The molecule has 3 unspecified atom stereocenters. The van der Waals surface area contributed by atoms with Crippen molar-refractivity contribution in [3.8, 4) is 0 Å². The van der Waals surface area contributed by atoms with Crippen LogP contribution < -0.4 is 0 Å². The van der Waals surface area contributed by atoms with Crippen molar-refractivity contribution in [2.75, 3.05) is 13.2 Å². The molecule has 1 aromatic heterocycles. The van der Waals surface area contributed by atoms with Crippen LogP contribution in [0.1, 0.15) is 68.7 Å². The van der Waals surface area contributed by atoms with Crippen LogP contribution in [0, 0.1) is 17.3 Å². The van der Waals surface area contributed by atoms with Gasteiger partial charge in [0.05, 0.1) is 12.5 Å². The topological polar surface area (TPSA) is 46.6 Å². The Kier molecular flexibility index (Phi) is 4.86. The van der Waals surface area contributed by atoms with Gasteiger partial charge in [-0.05, 0) is 80.1 Å². The Labute approximate surface area is 179 Å². The van der Waals surface area contributed by atoms with Crippen LogP contribution in [0.3, 0.4) is 0 Å². The van der Waals surface area contributed by atoms with E-state index in [9.17, 15) is 9.59 Å². The summed E-state index contributed by atoms with van der Waals surface area (Å²) in [5.74, 6) is 1.28. The molecule has 4 aliphatic carbocycles. The number of esters is 1. The fourth-order valence-corrected chi connectivity index (χ4v) is 9.35. The summed E-state index contributed by atoms with van der Waals surface area (Å²) < 4.78 is 5.76. The summed E-state index contributed by atoms with van der Waals surface area (Å²) in [6.07, 6.45) is 9.76. The minimum atomic E-state index is -0.182. The zero-order chi connectivity index (χ0) is 19.4. The predicted octanol–water partition coefficient (Wildman–Crippen LogP) is 5.08. The standard InChI is InChI=1S/C22H28BrNO3S/c23-22-10-15-7-16(11-22)9-21(8-15,14-22)12-20(26)27-13-19(25)24-5-1-3-17(24)18-4-2-6-28-18/h2,4,6,15-17H,1,3,5,7-14H2. The molecule has 152 valence electrons. The number of nitrogens with zero attached hydrogens (tertiary/aromatic N) is 1. The number of rotatable bonds is 5. The van der Waals surface area contributed by atoms with E-state index in [1.165, 1.54) is 24.1 Å². The highest BCUT2D eigenvalue weighted by atomic mass is 79.9. The molecule has 0 spiro atoms. The van der Waals surface area contributed by atoms with Crippen LogP contribution in [-0.2, 0) is 14.3 Å². The third kappa shape index (κ3) is 3.55. The zero-order valence-electron chi connectivity index (χ0n) is 16.2. The summed E-state index contributed by atoms with van der Waals surface area (Å²) in [6, 6.07) is 4.28. The maximum Gasteiger partial charge on any atom is 0.306 e. The molecule has 4 bridgehead atoms. The molecule has 28 heavy (non-hydrogen) atoms. The summed E-state index contributed by atoms with van der Waals surface area (Å²) in [5, 5.41) is 2.05. The maximum atomic E-state index is 12.7. The van der Waals surface area contributed by atoms with Gasteiger partial charge in [-0.15, -0.1) is 11.3 Å². The first-order valence-electron chi connectivity index (χ1n) is 10.6. The quantitative estimate of drug-likeness (QED) is 0.449. The van der Waals surface area contributed by atoms with Gasteiger partial charge in [0.15, 0.2) is 6.61 Å². The molecule has 1 saturated heterocycles. The van der Waals surface area contributed by atoms with Gasteiger partial charge in [0.2, 0.25) is 0 Å². The van der Waals surface area contributed by atoms with E-state index in [-0.39, 0.29) is 34.3 Å². The van der Waals surface area contributed by atoms with E-state index in [0.29, 0.717) is 6.42 Å². The summed E-state index contributed by atoms with van der Waals surface area (Å²) in [4.78, 5) is 28.5. The first kappa shape index (κ1) is 19.1. The first-order chi connectivity index (χ1) is 13.4. The number of amides is 1. The molecular weight excluding hydrogens is 438 g/mol. The number of halogens is 1. The van der Waals surface area contributed by atoms with Crippen LogP contribution in [0.2, 0.25) is 0 Å². The number of hydrogen-bond donors (Lipinski definition) is 0. The Morgan fingerprint density at radius 2 is 2.04 bits per heavy atom. The van der Waals surface area contributed by atoms with Gasteiger partial charge < -0.3 is 9.64 Å². The smallest absolute Gasteiger partial charge is 0.306 e. The summed E-state index contributed by atoms with van der Waals surface area (Å²) in [6.45, 7) is 0.654. The van der Waals surface area contributed by atoms with Gasteiger partial charge in [0.1, 0.15) is 0 Å².